The van der Waals surface area contributed by atoms with Crippen LogP contribution in [0.25, 0.3) is 0 Å². The lowest BCUT2D eigenvalue weighted by molar-refractivity contribution is 0.0583. The topological polar surface area (TPSA) is 44.8 Å². The Labute approximate surface area is 131 Å². The molecule has 0 heterocycles. The molecule has 0 aliphatic carbocycles. The maximum Gasteiger partial charge on any atom is 0.475 e. The molecule has 128 valence electrons. The summed E-state index contributed by atoms with van der Waals surface area (Å²) in [6.45, 7) is 10.3. The molecule has 4 nitrogen and oxygen atoms in total. The van der Waals surface area contributed by atoms with Gasteiger partial charge in [-0.25, -0.2) is 4.57 Å². The fraction of sp³-hybridized carbons (Fsp3) is 1.00. The van der Waals surface area contributed by atoms with Crippen LogP contribution in [0.15, 0.2) is 0 Å². The SMILES string of the molecule is CCCCCC(C)OP(=O)(OCC)OC(C)CCCCC. The molecule has 0 radical (unpaired) electrons. The average molecular weight is 322 g/mol. The zero-order chi connectivity index (χ0) is 16.1. The average Bonchev–Trinajstić information content (AvgIpc) is 2.39. The summed E-state index contributed by atoms with van der Waals surface area (Å²) in [4.78, 5) is 0. The van der Waals surface area contributed by atoms with Gasteiger partial charge >= 0.3 is 7.82 Å². The van der Waals surface area contributed by atoms with Gasteiger partial charge in [0, 0.05) is 0 Å². The maximum absolute atomic E-state index is 12.6. The van der Waals surface area contributed by atoms with E-state index in [2.05, 4.69) is 13.8 Å². The first-order valence-corrected chi connectivity index (χ1v) is 10.0. The Hall–Kier alpha value is 0.110. The molecule has 0 aromatic heterocycles. The Morgan fingerprint density at radius 2 is 1.24 bits per heavy atom. The minimum Gasteiger partial charge on any atom is -0.287 e. The number of phosphoric acid groups is 1. The van der Waals surface area contributed by atoms with E-state index in [-0.39, 0.29) is 12.2 Å². The van der Waals surface area contributed by atoms with Gasteiger partial charge in [-0.15, -0.1) is 0 Å². The van der Waals surface area contributed by atoms with Crippen LogP contribution in [0.2, 0.25) is 0 Å². The third-order valence-corrected chi connectivity index (χ3v) is 5.14. The summed E-state index contributed by atoms with van der Waals surface area (Å²) >= 11 is 0. The highest BCUT2D eigenvalue weighted by atomic mass is 31.2. The van der Waals surface area contributed by atoms with E-state index in [1.54, 1.807) is 0 Å². The van der Waals surface area contributed by atoms with Gasteiger partial charge in [0.1, 0.15) is 0 Å². The zero-order valence-electron chi connectivity index (χ0n) is 14.6. The van der Waals surface area contributed by atoms with E-state index in [0.29, 0.717) is 6.61 Å². The molecule has 0 N–H and O–H groups in total. The van der Waals surface area contributed by atoms with Crippen molar-refractivity contribution in [3.8, 4) is 0 Å². The van der Waals surface area contributed by atoms with Crippen LogP contribution in [-0.4, -0.2) is 18.8 Å². The Morgan fingerprint density at radius 1 is 0.810 bits per heavy atom. The number of hydrogen-bond donors (Lipinski definition) is 0. The van der Waals surface area contributed by atoms with Crippen molar-refractivity contribution in [2.45, 2.75) is 98.2 Å². The van der Waals surface area contributed by atoms with Gasteiger partial charge < -0.3 is 0 Å². The number of unbranched alkanes of at least 4 members (excludes halogenated alkanes) is 4. The van der Waals surface area contributed by atoms with Crippen LogP contribution in [-0.2, 0) is 18.1 Å². The van der Waals surface area contributed by atoms with Crippen molar-refractivity contribution in [1.29, 1.82) is 0 Å². The minimum atomic E-state index is -3.43. The van der Waals surface area contributed by atoms with Crippen molar-refractivity contribution in [2.75, 3.05) is 6.61 Å². The standard InChI is InChI=1S/C16H35O4P/c1-6-9-11-13-15(4)19-21(17,18-8-3)20-16(5)14-12-10-7-2/h15-16H,6-14H2,1-5H3. The Kier molecular flexibility index (Phi) is 12.7. The molecule has 0 saturated carbocycles. The van der Waals surface area contributed by atoms with E-state index in [4.69, 9.17) is 13.6 Å². The third-order valence-electron chi connectivity index (χ3n) is 3.33. The second-order valence-electron chi connectivity index (χ2n) is 5.69. The lowest BCUT2D eigenvalue weighted by Crippen LogP contribution is -2.14. The lowest BCUT2D eigenvalue weighted by Gasteiger charge is -2.24. The Bertz CT molecular complexity index is 261. The maximum atomic E-state index is 12.6. The minimum absolute atomic E-state index is 0.100. The second kappa shape index (κ2) is 12.6. The summed E-state index contributed by atoms with van der Waals surface area (Å²) in [6.07, 6.45) is 8.40. The molecule has 5 heteroatoms. The molecule has 21 heavy (non-hydrogen) atoms. The van der Waals surface area contributed by atoms with Gasteiger partial charge in [-0.3, -0.25) is 13.6 Å². The largest absolute Gasteiger partial charge is 0.475 e. The van der Waals surface area contributed by atoms with Crippen LogP contribution >= 0.6 is 7.82 Å². The molecule has 2 unspecified atom stereocenters. The zero-order valence-corrected chi connectivity index (χ0v) is 15.5. The fourth-order valence-electron chi connectivity index (χ4n) is 2.15. The molecule has 0 bridgehead atoms. The van der Waals surface area contributed by atoms with Crippen molar-refractivity contribution in [2.24, 2.45) is 0 Å². The molecule has 0 spiro atoms. The lowest BCUT2D eigenvalue weighted by atomic mass is 10.1. The van der Waals surface area contributed by atoms with E-state index < -0.39 is 7.82 Å². The van der Waals surface area contributed by atoms with Crippen molar-refractivity contribution in [1.82, 2.24) is 0 Å². The van der Waals surface area contributed by atoms with Gasteiger partial charge in [-0.05, 0) is 33.6 Å². The van der Waals surface area contributed by atoms with Crippen molar-refractivity contribution < 1.29 is 18.1 Å². The number of phosphoric ester groups is 1. The molecular formula is C16H35O4P. The molecule has 0 aliphatic heterocycles. The van der Waals surface area contributed by atoms with Crippen LogP contribution in [0, 0.1) is 0 Å². The summed E-state index contributed by atoms with van der Waals surface area (Å²) in [5.41, 5.74) is 0. The first kappa shape index (κ1) is 21.1. The summed E-state index contributed by atoms with van der Waals surface area (Å²) in [5.74, 6) is 0. The highest BCUT2D eigenvalue weighted by Gasteiger charge is 2.30. The van der Waals surface area contributed by atoms with Crippen LogP contribution in [0.3, 0.4) is 0 Å². The van der Waals surface area contributed by atoms with E-state index in [1.165, 1.54) is 25.7 Å². The van der Waals surface area contributed by atoms with Crippen molar-refractivity contribution in [3.63, 3.8) is 0 Å². The smallest absolute Gasteiger partial charge is 0.287 e. The first-order chi connectivity index (χ1) is 9.97. The summed E-state index contributed by atoms with van der Waals surface area (Å²) in [5, 5.41) is 0. The van der Waals surface area contributed by atoms with Crippen LogP contribution < -0.4 is 0 Å². The molecular weight excluding hydrogens is 287 g/mol. The van der Waals surface area contributed by atoms with E-state index in [0.717, 1.165) is 25.7 Å². The molecule has 0 amide bonds. The fourth-order valence-corrected chi connectivity index (χ4v) is 3.73. The molecule has 0 aromatic rings. The summed E-state index contributed by atoms with van der Waals surface area (Å²) < 4.78 is 29.2. The van der Waals surface area contributed by atoms with E-state index in [1.807, 2.05) is 20.8 Å². The van der Waals surface area contributed by atoms with Crippen molar-refractivity contribution >= 4 is 7.82 Å². The number of hydrogen-bond acceptors (Lipinski definition) is 4. The highest BCUT2D eigenvalue weighted by Crippen LogP contribution is 2.52. The predicted molar refractivity (Wildman–Crippen MR) is 88.6 cm³/mol. The van der Waals surface area contributed by atoms with Gasteiger partial charge in [0.05, 0.1) is 18.8 Å². The van der Waals surface area contributed by atoms with Gasteiger partial charge in [0.15, 0.2) is 0 Å². The Balaban J connectivity index is 4.29. The molecule has 0 aliphatic rings. The summed E-state index contributed by atoms with van der Waals surface area (Å²) in [7, 11) is -3.43. The molecule has 0 rings (SSSR count). The summed E-state index contributed by atoms with van der Waals surface area (Å²) in [6, 6.07) is 0. The van der Waals surface area contributed by atoms with E-state index >= 15 is 0 Å². The van der Waals surface area contributed by atoms with Gasteiger partial charge in [-0.1, -0.05) is 52.4 Å². The molecule has 0 saturated heterocycles. The first-order valence-electron chi connectivity index (χ1n) is 8.58. The molecule has 2 atom stereocenters. The monoisotopic (exact) mass is 322 g/mol. The third kappa shape index (κ3) is 11.3. The molecule has 0 aromatic carbocycles. The number of rotatable bonds is 14. The highest BCUT2D eigenvalue weighted by molar-refractivity contribution is 7.48. The van der Waals surface area contributed by atoms with Crippen molar-refractivity contribution in [3.05, 3.63) is 0 Å². The van der Waals surface area contributed by atoms with Gasteiger partial charge in [-0.2, -0.15) is 0 Å². The van der Waals surface area contributed by atoms with Crippen LogP contribution in [0.4, 0.5) is 0 Å². The quantitative estimate of drug-likeness (QED) is 0.286. The predicted octanol–water partition coefficient (Wildman–Crippen LogP) is 6.10. The second-order valence-corrected chi connectivity index (χ2v) is 7.26. The van der Waals surface area contributed by atoms with Crippen LogP contribution in [0.1, 0.15) is 86.0 Å². The normalized spacial score (nSPS) is 17.4. The van der Waals surface area contributed by atoms with E-state index in [9.17, 15) is 4.57 Å². The Morgan fingerprint density at radius 3 is 1.57 bits per heavy atom. The van der Waals surface area contributed by atoms with Gasteiger partial charge in [0.25, 0.3) is 0 Å². The van der Waals surface area contributed by atoms with Crippen LogP contribution in [0.5, 0.6) is 0 Å². The van der Waals surface area contributed by atoms with Gasteiger partial charge in [0.2, 0.25) is 0 Å². The molecule has 0 fully saturated rings.